The molecule has 1 aliphatic heterocycles. The number of hydrogen-bond acceptors (Lipinski definition) is 6. The van der Waals surface area contributed by atoms with Crippen LogP contribution >= 0.6 is 0 Å². The van der Waals surface area contributed by atoms with Crippen molar-refractivity contribution in [1.82, 2.24) is 29.9 Å². The summed E-state index contributed by atoms with van der Waals surface area (Å²) in [5.41, 5.74) is 2.17. The molecule has 1 N–H and O–H groups in total. The van der Waals surface area contributed by atoms with Gasteiger partial charge in [0.1, 0.15) is 17.8 Å². The average Bonchev–Trinajstić information content (AvgIpc) is 3.25. The summed E-state index contributed by atoms with van der Waals surface area (Å²) in [5.74, 6) is 0.175. The van der Waals surface area contributed by atoms with E-state index in [0.717, 1.165) is 5.69 Å². The number of aromatic nitrogens is 4. The second-order valence-electron chi connectivity index (χ2n) is 6.90. The fourth-order valence-electron chi connectivity index (χ4n) is 3.25. The fraction of sp³-hybridized carbons (Fsp3) is 0.333. The zero-order chi connectivity index (χ0) is 18.5. The monoisotopic (exact) mass is 368 g/mol. The molecule has 3 heterocycles. The first-order valence-corrected chi connectivity index (χ1v) is 8.78. The van der Waals surface area contributed by atoms with Crippen molar-refractivity contribution in [3.8, 4) is 17.2 Å². The minimum absolute atomic E-state index is 0.249. The summed E-state index contributed by atoms with van der Waals surface area (Å²) >= 11 is 0. The van der Waals surface area contributed by atoms with Gasteiger partial charge in [-0.15, -0.1) is 0 Å². The molecule has 138 valence electrons. The van der Waals surface area contributed by atoms with Crippen molar-refractivity contribution in [2.24, 2.45) is 0 Å². The summed E-state index contributed by atoms with van der Waals surface area (Å²) < 4.78 is 20.8. The van der Waals surface area contributed by atoms with Crippen LogP contribution in [0, 0.1) is 5.82 Å². The Kier molecular flexibility index (Phi) is 3.57. The molecular weight excluding hydrogens is 351 g/mol. The third kappa shape index (κ3) is 2.80. The van der Waals surface area contributed by atoms with Crippen molar-refractivity contribution in [2.75, 3.05) is 7.05 Å². The van der Waals surface area contributed by atoms with Crippen molar-refractivity contribution in [2.45, 2.75) is 32.0 Å². The quantitative estimate of drug-likeness (QED) is 0.757. The Bertz CT molecular complexity index is 1040. The van der Waals surface area contributed by atoms with Gasteiger partial charge in [0.15, 0.2) is 0 Å². The molecule has 1 aliphatic carbocycles. The maximum Gasteiger partial charge on any atom is 0.256 e. The predicted molar refractivity (Wildman–Crippen MR) is 92.5 cm³/mol. The van der Waals surface area contributed by atoms with Crippen LogP contribution in [0.4, 0.5) is 4.39 Å². The van der Waals surface area contributed by atoms with Crippen LogP contribution in [0.2, 0.25) is 0 Å². The van der Waals surface area contributed by atoms with Crippen LogP contribution in [0.3, 0.4) is 0 Å². The van der Waals surface area contributed by atoms with E-state index >= 15 is 0 Å². The van der Waals surface area contributed by atoms with Gasteiger partial charge in [0.2, 0.25) is 11.7 Å². The first-order chi connectivity index (χ1) is 13.1. The van der Waals surface area contributed by atoms with Gasteiger partial charge in [0.05, 0.1) is 30.0 Å². The number of carbonyl (C=O) groups excluding carboxylic acids is 1. The van der Waals surface area contributed by atoms with Gasteiger partial charge >= 0.3 is 0 Å². The molecule has 0 radical (unpaired) electrons. The minimum Gasteiger partial charge on any atom is -0.337 e. The molecule has 1 aromatic carbocycles. The van der Waals surface area contributed by atoms with E-state index in [-0.39, 0.29) is 5.91 Å². The van der Waals surface area contributed by atoms with Crippen molar-refractivity contribution >= 4 is 5.91 Å². The third-order valence-electron chi connectivity index (χ3n) is 4.85. The number of imidazole rings is 1. The smallest absolute Gasteiger partial charge is 0.256 e. The molecule has 9 heteroatoms. The van der Waals surface area contributed by atoms with Gasteiger partial charge in [-0.3, -0.25) is 9.36 Å². The summed E-state index contributed by atoms with van der Waals surface area (Å²) in [5, 5.41) is 7.37. The lowest BCUT2D eigenvalue weighted by Gasteiger charge is -2.14. The Labute approximate surface area is 154 Å². The standard InChI is InChI=1S/C18H17FN6O2/c1-24-8-14-16(17-22-15(27-23-17)7-20-11-3-4-11)21-9-25(14)13-5-2-10(19)6-12(13)18(24)26/h2,5-6,9,11,20H,3-4,7-8H2,1H3. The lowest BCUT2D eigenvalue weighted by molar-refractivity contribution is 0.0787. The zero-order valence-corrected chi connectivity index (χ0v) is 14.6. The molecule has 1 saturated carbocycles. The van der Waals surface area contributed by atoms with Crippen molar-refractivity contribution in [3.63, 3.8) is 0 Å². The topological polar surface area (TPSA) is 89.1 Å². The molecule has 1 fully saturated rings. The molecule has 3 aromatic rings. The SMILES string of the molecule is CN1Cc2c(-c3noc(CNC4CC4)n3)ncn2-c2ccc(F)cc2C1=O. The number of benzene rings is 1. The van der Waals surface area contributed by atoms with Crippen LogP contribution in [-0.2, 0) is 13.1 Å². The highest BCUT2D eigenvalue weighted by Crippen LogP contribution is 2.29. The lowest BCUT2D eigenvalue weighted by atomic mass is 10.1. The number of nitrogens with one attached hydrogen (secondary N) is 1. The Morgan fingerprint density at radius 3 is 3.04 bits per heavy atom. The molecule has 2 aliphatic rings. The molecule has 0 saturated heterocycles. The molecule has 2 aromatic heterocycles. The van der Waals surface area contributed by atoms with E-state index in [4.69, 9.17) is 4.52 Å². The summed E-state index contributed by atoms with van der Waals surface area (Å²) in [6.07, 6.45) is 3.96. The van der Waals surface area contributed by atoms with E-state index in [0.29, 0.717) is 47.8 Å². The number of nitrogens with zero attached hydrogens (tertiary/aromatic N) is 5. The molecule has 8 nitrogen and oxygen atoms in total. The summed E-state index contributed by atoms with van der Waals surface area (Å²) in [6.45, 7) is 0.822. The van der Waals surface area contributed by atoms with E-state index in [2.05, 4.69) is 20.4 Å². The Morgan fingerprint density at radius 2 is 2.22 bits per heavy atom. The summed E-state index contributed by atoms with van der Waals surface area (Å²) in [7, 11) is 1.67. The number of hydrogen-bond donors (Lipinski definition) is 1. The van der Waals surface area contributed by atoms with Gasteiger partial charge in [-0.25, -0.2) is 9.37 Å². The lowest BCUT2D eigenvalue weighted by Crippen LogP contribution is -2.25. The van der Waals surface area contributed by atoms with Gasteiger partial charge in [0, 0.05) is 13.1 Å². The summed E-state index contributed by atoms with van der Waals surface area (Å²) in [6, 6.07) is 4.70. The Morgan fingerprint density at radius 1 is 1.37 bits per heavy atom. The minimum atomic E-state index is -0.453. The third-order valence-corrected chi connectivity index (χ3v) is 4.85. The zero-order valence-electron chi connectivity index (χ0n) is 14.6. The van der Waals surface area contributed by atoms with Crippen LogP contribution in [0.15, 0.2) is 29.0 Å². The number of amides is 1. The highest BCUT2D eigenvalue weighted by molar-refractivity contribution is 5.98. The first-order valence-electron chi connectivity index (χ1n) is 8.78. The van der Waals surface area contributed by atoms with Crippen LogP contribution in [0.5, 0.6) is 0 Å². The average molecular weight is 368 g/mol. The Hall–Kier alpha value is -3.07. The van der Waals surface area contributed by atoms with Crippen molar-refractivity contribution < 1.29 is 13.7 Å². The van der Waals surface area contributed by atoms with Gasteiger partial charge in [-0.1, -0.05) is 5.16 Å². The summed E-state index contributed by atoms with van der Waals surface area (Å²) in [4.78, 5) is 23.0. The number of carbonyl (C=O) groups is 1. The van der Waals surface area contributed by atoms with E-state index in [1.807, 2.05) is 0 Å². The van der Waals surface area contributed by atoms with Crippen LogP contribution in [0.1, 0.15) is 34.8 Å². The second kappa shape index (κ2) is 5.98. The fourth-order valence-corrected chi connectivity index (χ4v) is 3.25. The van der Waals surface area contributed by atoms with Crippen LogP contribution in [0.25, 0.3) is 17.2 Å². The van der Waals surface area contributed by atoms with Crippen LogP contribution in [-0.4, -0.2) is 43.6 Å². The molecule has 0 bridgehead atoms. The van der Waals surface area contributed by atoms with Crippen molar-refractivity contribution in [1.29, 1.82) is 0 Å². The van der Waals surface area contributed by atoms with Gasteiger partial charge in [-0.2, -0.15) is 4.98 Å². The largest absolute Gasteiger partial charge is 0.337 e. The molecule has 27 heavy (non-hydrogen) atoms. The van der Waals surface area contributed by atoms with E-state index in [1.165, 1.54) is 29.9 Å². The molecule has 0 unspecified atom stereocenters. The highest BCUT2D eigenvalue weighted by atomic mass is 19.1. The number of rotatable bonds is 4. The van der Waals surface area contributed by atoms with Gasteiger partial charge in [0.25, 0.3) is 5.91 Å². The molecule has 0 atom stereocenters. The number of halogens is 1. The Balaban J connectivity index is 1.55. The maximum absolute atomic E-state index is 13.7. The first kappa shape index (κ1) is 16.1. The van der Waals surface area contributed by atoms with Gasteiger partial charge < -0.3 is 14.7 Å². The molecule has 0 spiro atoms. The highest BCUT2D eigenvalue weighted by Gasteiger charge is 2.29. The maximum atomic E-state index is 13.7. The second-order valence-corrected chi connectivity index (χ2v) is 6.90. The molecule has 1 amide bonds. The molecule has 5 rings (SSSR count). The van der Waals surface area contributed by atoms with E-state index < -0.39 is 5.82 Å². The molecular formula is C18H17FN6O2. The van der Waals surface area contributed by atoms with E-state index in [9.17, 15) is 9.18 Å². The van der Waals surface area contributed by atoms with Gasteiger partial charge in [-0.05, 0) is 31.0 Å². The number of fused-ring (bicyclic) bond motifs is 3. The van der Waals surface area contributed by atoms with E-state index in [1.54, 1.807) is 24.0 Å². The van der Waals surface area contributed by atoms with Crippen LogP contribution < -0.4 is 5.32 Å². The predicted octanol–water partition coefficient (Wildman–Crippen LogP) is 1.90. The van der Waals surface area contributed by atoms with Crippen molar-refractivity contribution in [3.05, 3.63) is 47.5 Å². The normalized spacial score (nSPS) is 16.2.